The molecule has 0 atom stereocenters. The van der Waals surface area contributed by atoms with E-state index in [0.29, 0.717) is 5.56 Å². The van der Waals surface area contributed by atoms with Gasteiger partial charge in [0.1, 0.15) is 6.26 Å². The monoisotopic (exact) mass is 192 g/mol. The summed E-state index contributed by atoms with van der Waals surface area (Å²) in [5.41, 5.74) is 2.46. The standard InChI is InChI=1S/C11H12O3/c1-4-13-14-11(12)10-6-5-8(2)7-9(10)3/h4-7H,1H2,2-3H3. The SMILES string of the molecule is C=COOC(=O)c1ccc(C)cc1C. The minimum Gasteiger partial charge on any atom is -0.295 e. The second-order valence-electron chi connectivity index (χ2n) is 2.95. The average Bonchev–Trinajstić information content (AvgIpc) is 2.14. The van der Waals surface area contributed by atoms with Gasteiger partial charge < -0.3 is 0 Å². The van der Waals surface area contributed by atoms with E-state index in [1.807, 2.05) is 26.0 Å². The Morgan fingerprint density at radius 3 is 2.71 bits per heavy atom. The van der Waals surface area contributed by atoms with Gasteiger partial charge in [0, 0.05) is 0 Å². The summed E-state index contributed by atoms with van der Waals surface area (Å²) in [6.45, 7) is 7.07. The Hall–Kier alpha value is -1.77. The third-order valence-electron chi connectivity index (χ3n) is 1.79. The molecule has 1 rings (SSSR count). The smallest absolute Gasteiger partial charge is 0.295 e. The molecule has 0 aliphatic rings. The molecule has 0 aliphatic heterocycles. The number of carbonyl (C=O) groups excluding carboxylic acids is 1. The molecule has 0 amide bonds. The lowest BCUT2D eigenvalue weighted by atomic mass is 10.1. The Morgan fingerprint density at radius 2 is 2.14 bits per heavy atom. The lowest BCUT2D eigenvalue weighted by molar-refractivity contribution is -0.190. The van der Waals surface area contributed by atoms with Crippen molar-refractivity contribution in [2.24, 2.45) is 0 Å². The zero-order valence-corrected chi connectivity index (χ0v) is 8.24. The third-order valence-corrected chi connectivity index (χ3v) is 1.79. The van der Waals surface area contributed by atoms with Crippen LogP contribution in [-0.2, 0) is 9.78 Å². The summed E-state index contributed by atoms with van der Waals surface area (Å²) in [7, 11) is 0. The van der Waals surface area contributed by atoms with Crippen LogP contribution in [0, 0.1) is 13.8 Å². The Bertz CT molecular complexity index is 356. The van der Waals surface area contributed by atoms with Crippen LogP contribution in [-0.4, -0.2) is 5.97 Å². The summed E-state index contributed by atoms with van der Waals surface area (Å²) in [6, 6.07) is 5.46. The predicted octanol–water partition coefficient (Wildman–Crippen LogP) is 2.54. The van der Waals surface area contributed by atoms with Crippen molar-refractivity contribution in [3.05, 3.63) is 47.7 Å². The van der Waals surface area contributed by atoms with E-state index in [4.69, 9.17) is 0 Å². The molecule has 1 aromatic carbocycles. The van der Waals surface area contributed by atoms with Gasteiger partial charge in [-0.2, -0.15) is 0 Å². The van der Waals surface area contributed by atoms with Gasteiger partial charge in [0.05, 0.1) is 5.56 Å². The van der Waals surface area contributed by atoms with E-state index in [1.54, 1.807) is 6.07 Å². The van der Waals surface area contributed by atoms with Crippen molar-refractivity contribution in [3.8, 4) is 0 Å². The fraction of sp³-hybridized carbons (Fsp3) is 0.182. The largest absolute Gasteiger partial charge is 0.386 e. The summed E-state index contributed by atoms with van der Waals surface area (Å²) in [5.74, 6) is -0.512. The molecular formula is C11H12O3. The van der Waals surface area contributed by atoms with Crippen molar-refractivity contribution in [1.82, 2.24) is 0 Å². The van der Waals surface area contributed by atoms with Crippen LogP contribution in [0.4, 0.5) is 0 Å². The number of carbonyl (C=O) groups is 1. The van der Waals surface area contributed by atoms with Crippen LogP contribution >= 0.6 is 0 Å². The molecule has 0 radical (unpaired) electrons. The van der Waals surface area contributed by atoms with Crippen LogP contribution in [0.25, 0.3) is 0 Å². The summed E-state index contributed by atoms with van der Waals surface area (Å²) in [6.07, 6.45) is 1.06. The molecule has 0 spiro atoms. The number of hydrogen-bond acceptors (Lipinski definition) is 3. The first kappa shape index (κ1) is 10.3. The summed E-state index contributed by atoms with van der Waals surface area (Å²) >= 11 is 0. The fourth-order valence-corrected chi connectivity index (χ4v) is 1.17. The van der Waals surface area contributed by atoms with Crippen LogP contribution in [0.3, 0.4) is 0 Å². The lowest BCUT2D eigenvalue weighted by Crippen LogP contribution is -2.05. The zero-order chi connectivity index (χ0) is 10.6. The van der Waals surface area contributed by atoms with Gasteiger partial charge in [-0.1, -0.05) is 24.3 Å². The first-order valence-corrected chi connectivity index (χ1v) is 4.21. The molecule has 0 saturated carbocycles. The first-order valence-electron chi connectivity index (χ1n) is 4.21. The van der Waals surface area contributed by atoms with E-state index in [9.17, 15) is 4.79 Å². The maximum absolute atomic E-state index is 11.3. The molecule has 3 heteroatoms. The van der Waals surface area contributed by atoms with Gasteiger partial charge in [-0.3, -0.25) is 4.89 Å². The number of rotatable bonds is 3. The Morgan fingerprint density at radius 1 is 1.43 bits per heavy atom. The van der Waals surface area contributed by atoms with Gasteiger partial charge in [-0.25, -0.2) is 9.68 Å². The molecule has 1 aromatic rings. The topological polar surface area (TPSA) is 35.5 Å². The molecule has 0 unspecified atom stereocenters. The van der Waals surface area contributed by atoms with Crippen LogP contribution in [0.1, 0.15) is 21.5 Å². The van der Waals surface area contributed by atoms with Gasteiger partial charge >= 0.3 is 5.97 Å². The minimum atomic E-state index is -0.512. The predicted molar refractivity (Wildman–Crippen MR) is 52.6 cm³/mol. The van der Waals surface area contributed by atoms with Crippen molar-refractivity contribution < 1.29 is 14.6 Å². The van der Waals surface area contributed by atoms with Crippen LogP contribution < -0.4 is 0 Å². The van der Waals surface area contributed by atoms with E-state index in [-0.39, 0.29) is 0 Å². The second-order valence-corrected chi connectivity index (χ2v) is 2.95. The van der Waals surface area contributed by atoms with Crippen molar-refractivity contribution in [2.45, 2.75) is 13.8 Å². The summed E-state index contributed by atoms with van der Waals surface area (Å²) in [5, 5.41) is 0. The maximum Gasteiger partial charge on any atom is 0.386 e. The Balaban J connectivity index is 2.84. The van der Waals surface area contributed by atoms with Gasteiger partial charge in [-0.05, 0) is 25.5 Å². The van der Waals surface area contributed by atoms with E-state index in [2.05, 4.69) is 16.4 Å². The molecular weight excluding hydrogens is 180 g/mol. The van der Waals surface area contributed by atoms with Crippen LogP contribution in [0.2, 0.25) is 0 Å². The van der Waals surface area contributed by atoms with Gasteiger partial charge in [-0.15, -0.1) is 0 Å². The van der Waals surface area contributed by atoms with Gasteiger partial charge in [0.2, 0.25) is 0 Å². The quantitative estimate of drug-likeness (QED) is 0.419. The third kappa shape index (κ3) is 2.36. The van der Waals surface area contributed by atoms with Crippen molar-refractivity contribution in [3.63, 3.8) is 0 Å². The zero-order valence-electron chi connectivity index (χ0n) is 8.24. The first-order chi connectivity index (χ1) is 6.65. The molecule has 0 bridgehead atoms. The van der Waals surface area contributed by atoms with E-state index in [1.165, 1.54) is 0 Å². The van der Waals surface area contributed by atoms with E-state index < -0.39 is 5.97 Å². The highest BCUT2D eigenvalue weighted by atomic mass is 17.2. The molecule has 74 valence electrons. The molecule has 3 nitrogen and oxygen atoms in total. The van der Waals surface area contributed by atoms with Crippen LogP contribution in [0.15, 0.2) is 31.0 Å². The summed E-state index contributed by atoms with van der Waals surface area (Å²) in [4.78, 5) is 20.1. The maximum atomic E-state index is 11.3. The van der Waals surface area contributed by atoms with Crippen molar-refractivity contribution >= 4 is 5.97 Å². The number of aryl methyl sites for hydroxylation is 2. The fourth-order valence-electron chi connectivity index (χ4n) is 1.17. The number of benzene rings is 1. The molecule has 14 heavy (non-hydrogen) atoms. The molecule has 0 N–H and O–H groups in total. The lowest BCUT2D eigenvalue weighted by Gasteiger charge is -2.04. The van der Waals surface area contributed by atoms with E-state index >= 15 is 0 Å². The van der Waals surface area contributed by atoms with Crippen molar-refractivity contribution in [2.75, 3.05) is 0 Å². The minimum absolute atomic E-state index is 0.498. The highest BCUT2D eigenvalue weighted by molar-refractivity contribution is 5.90. The average molecular weight is 192 g/mol. The molecule has 0 aliphatic carbocycles. The Kier molecular flexibility index (Phi) is 3.29. The highest BCUT2D eigenvalue weighted by Gasteiger charge is 2.10. The Labute approximate surface area is 82.9 Å². The molecule has 0 aromatic heterocycles. The second kappa shape index (κ2) is 4.46. The highest BCUT2D eigenvalue weighted by Crippen LogP contribution is 2.11. The van der Waals surface area contributed by atoms with Crippen molar-refractivity contribution in [1.29, 1.82) is 0 Å². The normalized spacial score (nSPS) is 9.29. The molecule has 0 fully saturated rings. The number of hydrogen-bond donors (Lipinski definition) is 0. The van der Waals surface area contributed by atoms with E-state index in [0.717, 1.165) is 17.4 Å². The summed E-state index contributed by atoms with van der Waals surface area (Å²) < 4.78 is 0. The molecule has 0 heterocycles. The van der Waals surface area contributed by atoms with Gasteiger partial charge in [0.15, 0.2) is 0 Å². The molecule has 0 saturated heterocycles. The van der Waals surface area contributed by atoms with Gasteiger partial charge in [0.25, 0.3) is 0 Å². The van der Waals surface area contributed by atoms with Crippen LogP contribution in [0.5, 0.6) is 0 Å².